The van der Waals surface area contributed by atoms with Gasteiger partial charge in [0.2, 0.25) is 0 Å². The summed E-state index contributed by atoms with van der Waals surface area (Å²) >= 11 is 3.35. The molecule has 74 valence electrons. The Labute approximate surface area is 90.3 Å². The molecule has 0 fully saturated rings. The number of carbonyl (C=O) groups is 1. The van der Waals surface area contributed by atoms with Gasteiger partial charge in [-0.2, -0.15) is 0 Å². The van der Waals surface area contributed by atoms with Crippen LogP contribution in [0.4, 0.5) is 0 Å². The molecule has 1 heterocycles. The van der Waals surface area contributed by atoms with Gasteiger partial charge in [-0.25, -0.2) is 0 Å². The fraction of sp³-hybridized carbons (Fsp3) is 0.300. The predicted molar refractivity (Wildman–Crippen MR) is 56.2 cm³/mol. The number of aliphatic carboxylic acids is 1. The van der Waals surface area contributed by atoms with Crippen LogP contribution in [0.5, 0.6) is 0 Å². The van der Waals surface area contributed by atoms with Crippen LogP contribution in [0.1, 0.15) is 17.2 Å². The molecular weight excluding hydrogens is 246 g/mol. The van der Waals surface area contributed by atoms with Crippen molar-refractivity contribution in [1.29, 1.82) is 0 Å². The summed E-state index contributed by atoms with van der Waals surface area (Å²) in [5.74, 6) is -0.816. The van der Waals surface area contributed by atoms with Crippen molar-refractivity contribution < 1.29 is 9.90 Å². The van der Waals surface area contributed by atoms with E-state index in [1.807, 2.05) is 18.2 Å². The summed E-state index contributed by atoms with van der Waals surface area (Å²) in [5, 5.41) is 12.0. The second kappa shape index (κ2) is 3.71. The van der Waals surface area contributed by atoms with Crippen LogP contribution in [0.15, 0.2) is 22.7 Å². The number of benzene rings is 1. The number of carboxylic acid groups (broad SMARTS) is 1. The Bertz CT molecular complexity index is 378. The van der Waals surface area contributed by atoms with Crippen LogP contribution in [0.25, 0.3) is 0 Å². The van der Waals surface area contributed by atoms with E-state index in [1.165, 1.54) is 0 Å². The van der Waals surface area contributed by atoms with Crippen LogP contribution < -0.4 is 5.32 Å². The minimum atomic E-state index is -0.816. The van der Waals surface area contributed by atoms with E-state index in [4.69, 9.17) is 5.11 Å². The first-order valence-electron chi connectivity index (χ1n) is 4.43. The standard InChI is InChI=1S/C10H10BrNO2/c11-7-2-1-6-3-4-12-9(10(13)14)8(6)5-7/h1-2,5,9,12H,3-4H2,(H,13,14)/t9-/m0/s1. The molecule has 0 aliphatic carbocycles. The zero-order valence-electron chi connectivity index (χ0n) is 7.46. The van der Waals surface area contributed by atoms with Gasteiger partial charge in [-0.05, 0) is 29.7 Å². The number of hydrogen-bond donors (Lipinski definition) is 2. The van der Waals surface area contributed by atoms with Gasteiger partial charge in [-0.1, -0.05) is 22.0 Å². The second-order valence-corrected chi connectivity index (χ2v) is 4.23. The average Bonchev–Trinajstić information content (AvgIpc) is 2.16. The molecule has 1 aromatic rings. The SMILES string of the molecule is O=C(O)[C@H]1NCCc2ccc(Br)cc21. The van der Waals surface area contributed by atoms with E-state index in [0.717, 1.165) is 28.6 Å². The summed E-state index contributed by atoms with van der Waals surface area (Å²) in [6, 6.07) is 5.25. The number of carboxylic acids is 1. The van der Waals surface area contributed by atoms with Crippen LogP contribution in [0.3, 0.4) is 0 Å². The summed E-state index contributed by atoms with van der Waals surface area (Å²) in [4.78, 5) is 11.0. The number of fused-ring (bicyclic) bond motifs is 1. The fourth-order valence-electron chi connectivity index (χ4n) is 1.74. The molecule has 0 saturated carbocycles. The van der Waals surface area contributed by atoms with Crippen molar-refractivity contribution in [2.75, 3.05) is 6.54 Å². The molecule has 0 saturated heterocycles. The Morgan fingerprint density at radius 1 is 1.57 bits per heavy atom. The van der Waals surface area contributed by atoms with Gasteiger partial charge in [0.25, 0.3) is 0 Å². The average molecular weight is 256 g/mol. The van der Waals surface area contributed by atoms with E-state index in [-0.39, 0.29) is 0 Å². The maximum atomic E-state index is 11.0. The highest BCUT2D eigenvalue weighted by atomic mass is 79.9. The van der Waals surface area contributed by atoms with Crippen molar-refractivity contribution >= 4 is 21.9 Å². The van der Waals surface area contributed by atoms with Gasteiger partial charge in [0.15, 0.2) is 0 Å². The molecule has 0 unspecified atom stereocenters. The normalized spacial score (nSPS) is 20.2. The predicted octanol–water partition coefficient (Wildman–Crippen LogP) is 1.72. The molecule has 1 atom stereocenters. The quantitative estimate of drug-likeness (QED) is 0.804. The second-order valence-electron chi connectivity index (χ2n) is 3.32. The first-order valence-corrected chi connectivity index (χ1v) is 5.22. The molecule has 0 aromatic heterocycles. The van der Waals surface area contributed by atoms with E-state index in [1.54, 1.807) is 0 Å². The number of nitrogens with one attached hydrogen (secondary N) is 1. The molecule has 1 aliphatic heterocycles. The van der Waals surface area contributed by atoms with Gasteiger partial charge >= 0.3 is 5.97 Å². The molecule has 2 rings (SSSR count). The van der Waals surface area contributed by atoms with Crippen molar-refractivity contribution in [2.24, 2.45) is 0 Å². The number of hydrogen-bond acceptors (Lipinski definition) is 2. The minimum Gasteiger partial charge on any atom is -0.480 e. The van der Waals surface area contributed by atoms with Gasteiger partial charge in [-0.3, -0.25) is 4.79 Å². The van der Waals surface area contributed by atoms with Crippen LogP contribution in [0.2, 0.25) is 0 Å². The van der Waals surface area contributed by atoms with Crippen molar-refractivity contribution in [3.8, 4) is 0 Å². The first kappa shape index (κ1) is 9.68. The lowest BCUT2D eigenvalue weighted by molar-refractivity contribution is -0.139. The van der Waals surface area contributed by atoms with Crippen LogP contribution in [-0.4, -0.2) is 17.6 Å². The Morgan fingerprint density at radius 3 is 3.07 bits per heavy atom. The molecule has 0 radical (unpaired) electrons. The molecule has 1 aromatic carbocycles. The maximum Gasteiger partial charge on any atom is 0.325 e. The molecular formula is C10H10BrNO2. The molecule has 0 bridgehead atoms. The molecule has 3 nitrogen and oxygen atoms in total. The van der Waals surface area contributed by atoms with Crippen LogP contribution in [0, 0.1) is 0 Å². The van der Waals surface area contributed by atoms with Crippen molar-refractivity contribution in [3.63, 3.8) is 0 Å². The first-order chi connectivity index (χ1) is 6.68. The van der Waals surface area contributed by atoms with E-state index in [2.05, 4.69) is 21.2 Å². The van der Waals surface area contributed by atoms with Crippen LogP contribution in [-0.2, 0) is 11.2 Å². The molecule has 2 N–H and O–H groups in total. The Hall–Kier alpha value is -0.870. The third-order valence-corrected chi connectivity index (χ3v) is 2.90. The third-order valence-electron chi connectivity index (χ3n) is 2.41. The van der Waals surface area contributed by atoms with E-state index in [0.29, 0.717) is 0 Å². The largest absolute Gasteiger partial charge is 0.480 e. The molecule has 0 spiro atoms. The Morgan fingerprint density at radius 2 is 2.36 bits per heavy atom. The van der Waals surface area contributed by atoms with Crippen molar-refractivity contribution in [2.45, 2.75) is 12.5 Å². The fourth-order valence-corrected chi connectivity index (χ4v) is 2.12. The van der Waals surface area contributed by atoms with Gasteiger partial charge in [-0.15, -0.1) is 0 Å². The lowest BCUT2D eigenvalue weighted by atomic mass is 9.94. The summed E-state index contributed by atoms with van der Waals surface area (Å²) in [5.41, 5.74) is 2.00. The molecule has 0 amide bonds. The highest BCUT2D eigenvalue weighted by molar-refractivity contribution is 9.10. The van der Waals surface area contributed by atoms with Gasteiger partial charge in [0.05, 0.1) is 0 Å². The minimum absolute atomic E-state index is 0.559. The topological polar surface area (TPSA) is 49.3 Å². The van der Waals surface area contributed by atoms with Crippen LogP contribution >= 0.6 is 15.9 Å². The Kier molecular flexibility index (Phi) is 2.56. The summed E-state index contributed by atoms with van der Waals surface area (Å²) in [7, 11) is 0. The van der Waals surface area contributed by atoms with Gasteiger partial charge in [0.1, 0.15) is 6.04 Å². The lowest BCUT2D eigenvalue weighted by Gasteiger charge is -2.23. The number of halogens is 1. The third kappa shape index (κ3) is 1.67. The highest BCUT2D eigenvalue weighted by Gasteiger charge is 2.25. The molecule has 14 heavy (non-hydrogen) atoms. The van der Waals surface area contributed by atoms with Gasteiger partial charge in [0, 0.05) is 11.0 Å². The van der Waals surface area contributed by atoms with Gasteiger partial charge < -0.3 is 10.4 Å². The molecule has 1 aliphatic rings. The van der Waals surface area contributed by atoms with Crippen molar-refractivity contribution in [3.05, 3.63) is 33.8 Å². The van der Waals surface area contributed by atoms with E-state index in [9.17, 15) is 4.79 Å². The Balaban J connectivity index is 2.46. The maximum absolute atomic E-state index is 11.0. The molecule has 4 heteroatoms. The zero-order valence-corrected chi connectivity index (χ0v) is 9.04. The monoisotopic (exact) mass is 255 g/mol. The van der Waals surface area contributed by atoms with E-state index < -0.39 is 12.0 Å². The van der Waals surface area contributed by atoms with Crippen molar-refractivity contribution in [1.82, 2.24) is 5.32 Å². The highest BCUT2D eigenvalue weighted by Crippen LogP contribution is 2.26. The number of rotatable bonds is 1. The smallest absolute Gasteiger partial charge is 0.325 e. The zero-order chi connectivity index (χ0) is 10.1. The lowest BCUT2D eigenvalue weighted by Crippen LogP contribution is -2.34. The summed E-state index contributed by atoms with van der Waals surface area (Å²) in [6.45, 7) is 0.728. The summed E-state index contributed by atoms with van der Waals surface area (Å²) < 4.78 is 0.922. The summed E-state index contributed by atoms with van der Waals surface area (Å²) in [6.07, 6.45) is 0.895. The van der Waals surface area contributed by atoms with E-state index >= 15 is 0 Å².